The van der Waals surface area contributed by atoms with Crippen molar-refractivity contribution in [3.05, 3.63) is 59.7 Å². The number of carbonyl (C=O) groups excluding carboxylic acids is 2. The third kappa shape index (κ3) is 9.81. The normalized spacial score (nSPS) is 11.9. The summed E-state index contributed by atoms with van der Waals surface area (Å²) in [6.07, 6.45) is 8.21. The molecule has 0 saturated carbocycles. The van der Waals surface area contributed by atoms with Gasteiger partial charge in [0.1, 0.15) is 5.60 Å². The van der Waals surface area contributed by atoms with E-state index in [0.717, 1.165) is 37.1 Å². The van der Waals surface area contributed by atoms with Crippen LogP contribution in [-0.4, -0.2) is 45.3 Å². The van der Waals surface area contributed by atoms with E-state index in [1.807, 2.05) is 61.9 Å². The Morgan fingerprint density at radius 1 is 1.12 bits per heavy atom. The number of carbonyl (C=O) groups is 2. The van der Waals surface area contributed by atoms with Crippen LogP contribution in [0.25, 0.3) is 6.08 Å². The van der Waals surface area contributed by atoms with Gasteiger partial charge >= 0.3 is 12.1 Å². The first-order valence-electron chi connectivity index (χ1n) is 12.1. The minimum Gasteiger partial charge on any atom is -0.463 e. The molecule has 1 heterocycles. The Kier molecular flexibility index (Phi) is 10.8. The molecule has 0 fully saturated rings. The highest BCUT2D eigenvalue weighted by Crippen LogP contribution is 2.17. The van der Waals surface area contributed by atoms with E-state index in [4.69, 9.17) is 9.47 Å². The number of amides is 1. The second kappa shape index (κ2) is 13.6. The van der Waals surface area contributed by atoms with Crippen LogP contribution in [0.2, 0.25) is 0 Å². The number of ether oxygens (including phenoxy) is 2. The number of rotatable bonds is 12. The van der Waals surface area contributed by atoms with Gasteiger partial charge in [-0.05, 0) is 65.0 Å². The number of hydrogen-bond donors (Lipinski definition) is 0. The Morgan fingerprint density at radius 3 is 2.50 bits per heavy atom. The Balaban J connectivity index is 2.03. The number of unbranched alkanes of at least 4 members (excludes halogenated alkanes) is 1. The van der Waals surface area contributed by atoms with Gasteiger partial charge < -0.3 is 18.9 Å². The van der Waals surface area contributed by atoms with Crippen molar-refractivity contribution in [1.82, 2.24) is 14.5 Å². The maximum Gasteiger partial charge on any atom is 0.410 e. The molecule has 0 bridgehead atoms. The molecule has 0 unspecified atom stereocenters. The Bertz CT molecular complexity index is 929. The average molecular weight is 470 g/mol. The van der Waals surface area contributed by atoms with Crippen molar-refractivity contribution in [2.75, 3.05) is 13.2 Å². The molecule has 7 nitrogen and oxygen atoms in total. The second-order valence-electron chi connectivity index (χ2n) is 9.27. The molecule has 0 N–H and O–H groups in total. The summed E-state index contributed by atoms with van der Waals surface area (Å²) in [6, 6.07) is 9.87. The summed E-state index contributed by atoms with van der Waals surface area (Å²) in [5.74, 6) is -0.319. The van der Waals surface area contributed by atoms with E-state index in [2.05, 4.69) is 11.9 Å². The summed E-state index contributed by atoms with van der Waals surface area (Å²) < 4.78 is 12.9. The highest BCUT2D eigenvalue weighted by Gasteiger charge is 2.22. The zero-order valence-electron chi connectivity index (χ0n) is 21.3. The first-order chi connectivity index (χ1) is 16.2. The lowest BCUT2D eigenvalue weighted by Crippen LogP contribution is -2.37. The van der Waals surface area contributed by atoms with Gasteiger partial charge in [0.25, 0.3) is 0 Å². The topological polar surface area (TPSA) is 73.7 Å². The van der Waals surface area contributed by atoms with E-state index in [-0.39, 0.29) is 12.1 Å². The van der Waals surface area contributed by atoms with Crippen molar-refractivity contribution < 1.29 is 19.1 Å². The van der Waals surface area contributed by atoms with Gasteiger partial charge in [0, 0.05) is 31.4 Å². The molecule has 2 rings (SSSR count). The van der Waals surface area contributed by atoms with Crippen LogP contribution in [0.4, 0.5) is 4.79 Å². The molecule has 0 aliphatic heterocycles. The number of imidazole rings is 1. The van der Waals surface area contributed by atoms with E-state index in [9.17, 15) is 9.59 Å². The minimum atomic E-state index is -0.562. The highest BCUT2D eigenvalue weighted by atomic mass is 16.6. The standard InChI is InChI=1S/C27H39N3O4/c1-6-16-29-20-24(28-21-29)18-23(25(31)33-7-2)15-11-12-17-30(26(32)34-27(3,4)5)19-22-13-9-8-10-14-22/h8-10,13-14,18,20-21H,6-7,11-12,15-17,19H2,1-5H3. The zero-order chi connectivity index (χ0) is 25.0. The van der Waals surface area contributed by atoms with Crippen molar-refractivity contribution in [3.8, 4) is 0 Å². The largest absolute Gasteiger partial charge is 0.463 e. The molecule has 0 spiro atoms. The molecule has 0 radical (unpaired) electrons. The molecule has 1 aromatic carbocycles. The van der Waals surface area contributed by atoms with Crippen LogP contribution in [0.5, 0.6) is 0 Å². The van der Waals surface area contributed by atoms with Gasteiger partial charge in [-0.25, -0.2) is 14.6 Å². The first-order valence-corrected chi connectivity index (χ1v) is 12.1. The van der Waals surface area contributed by atoms with Gasteiger partial charge in [0.05, 0.1) is 18.6 Å². The van der Waals surface area contributed by atoms with Crippen LogP contribution in [0.1, 0.15) is 71.6 Å². The minimum absolute atomic E-state index is 0.319. The number of nitrogens with zero attached hydrogens (tertiary/aromatic N) is 3. The average Bonchev–Trinajstić information content (AvgIpc) is 3.22. The van der Waals surface area contributed by atoms with Gasteiger partial charge in [0.15, 0.2) is 0 Å². The van der Waals surface area contributed by atoms with E-state index < -0.39 is 5.60 Å². The Hall–Kier alpha value is -3.09. The fourth-order valence-electron chi connectivity index (χ4n) is 3.45. The van der Waals surface area contributed by atoms with Crippen LogP contribution in [0.3, 0.4) is 0 Å². The lowest BCUT2D eigenvalue weighted by molar-refractivity contribution is -0.138. The third-order valence-electron chi connectivity index (χ3n) is 4.99. The zero-order valence-corrected chi connectivity index (χ0v) is 21.3. The van der Waals surface area contributed by atoms with Gasteiger partial charge in [-0.2, -0.15) is 0 Å². The lowest BCUT2D eigenvalue weighted by atomic mass is 10.1. The van der Waals surface area contributed by atoms with Gasteiger partial charge in [-0.3, -0.25) is 0 Å². The number of benzene rings is 1. The molecule has 1 amide bonds. The lowest BCUT2D eigenvalue weighted by Gasteiger charge is -2.27. The van der Waals surface area contributed by atoms with E-state index in [0.29, 0.717) is 31.7 Å². The van der Waals surface area contributed by atoms with Crippen molar-refractivity contribution in [2.24, 2.45) is 0 Å². The fourth-order valence-corrected chi connectivity index (χ4v) is 3.45. The van der Waals surface area contributed by atoms with Crippen LogP contribution in [-0.2, 0) is 27.4 Å². The third-order valence-corrected chi connectivity index (χ3v) is 4.99. The molecule has 1 aromatic heterocycles. The molecule has 186 valence electrons. The number of aromatic nitrogens is 2. The van der Waals surface area contributed by atoms with Crippen LogP contribution in [0.15, 0.2) is 48.4 Å². The summed E-state index contributed by atoms with van der Waals surface area (Å²) in [5, 5.41) is 0. The molecule has 0 atom stereocenters. The van der Waals surface area contributed by atoms with E-state index >= 15 is 0 Å². The quantitative estimate of drug-likeness (QED) is 0.222. The summed E-state index contributed by atoms with van der Waals surface area (Å²) in [5.41, 5.74) is 1.82. The monoisotopic (exact) mass is 469 g/mol. The molecule has 34 heavy (non-hydrogen) atoms. The molecule has 2 aromatic rings. The van der Waals surface area contributed by atoms with Crippen molar-refractivity contribution in [2.45, 2.75) is 79.0 Å². The molecular formula is C27H39N3O4. The molecule has 0 aliphatic carbocycles. The molecule has 7 heteroatoms. The van der Waals surface area contributed by atoms with Gasteiger partial charge in [-0.15, -0.1) is 0 Å². The Morgan fingerprint density at radius 2 is 1.85 bits per heavy atom. The predicted molar refractivity (Wildman–Crippen MR) is 134 cm³/mol. The summed E-state index contributed by atoms with van der Waals surface area (Å²) >= 11 is 0. The smallest absolute Gasteiger partial charge is 0.410 e. The molecule has 0 saturated heterocycles. The van der Waals surface area contributed by atoms with Crippen LogP contribution >= 0.6 is 0 Å². The maximum absolute atomic E-state index is 12.8. The van der Waals surface area contributed by atoms with Crippen molar-refractivity contribution in [3.63, 3.8) is 0 Å². The van der Waals surface area contributed by atoms with Gasteiger partial charge in [-0.1, -0.05) is 37.3 Å². The first kappa shape index (κ1) is 27.2. The molecular weight excluding hydrogens is 430 g/mol. The van der Waals surface area contributed by atoms with Gasteiger partial charge in [0.2, 0.25) is 0 Å². The Labute approximate surface area is 203 Å². The summed E-state index contributed by atoms with van der Waals surface area (Å²) in [6.45, 7) is 11.7. The molecule has 0 aliphatic rings. The SMILES string of the molecule is CCCn1cnc(C=C(CCCCN(Cc2ccccc2)C(=O)OC(C)(C)C)C(=O)OCC)c1. The fraction of sp³-hybridized carbons (Fsp3) is 0.519. The predicted octanol–water partition coefficient (Wildman–Crippen LogP) is 5.85. The summed E-state index contributed by atoms with van der Waals surface area (Å²) in [4.78, 5) is 31.4. The van der Waals surface area contributed by atoms with E-state index in [1.165, 1.54) is 0 Å². The summed E-state index contributed by atoms with van der Waals surface area (Å²) in [7, 11) is 0. The number of aryl methyl sites for hydroxylation is 1. The maximum atomic E-state index is 12.8. The van der Waals surface area contributed by atoms with E-state index in [1.54, 1.807) is 24.2 Å². The van der Waals surface area contributed by atoms with Crippen LogP contribution in [0, 0.1) is 0 Å². The number of esters is 1. The second-order valence-corrected chi connectivity index (χ2v) is 9.27. The highest BCUT2D eigenvalue weighted by molar-refractivity contribution is 5.93. The van der Waals surface area contributed by atoms with Crippen molar-refractivity contribution >= 4 is 18.1 Å². The van der Waals surface area contributed by atoms with Crippen LogP contribution < -0.4 is 0 Å². The number of hydrogen-bond acceptors (Lipinski definition) is 5. The van der Waals surface area contributed by atoms with Crippen molar-refractivity contribution in [1.29, 1.82) is 0 Å².